The van der Waals surface area contributed by atoms with Crippen LogP contribution in [0.5, 0.6) is 5.88 Å². The predicted octanol–water partition coefficient (Wildman–Crippen LogP) is 1.89. The lowest BCUT2D eigenvalue weighted by Gasteiger charge is -2.41. The van der Waals surface area contributed by atoms with E-state index in [2.05, 4.69) is 26.8 Å². The van der Waals surface area contributed by atoms with Crippen molar-refractivity contribution >= 4 is 27.5 Å². The van der Waals surface area contributed by atoms with Gasteiger partial charge in [0.1, 0.15) is 23.4 Å². The first-order valence-corrected chi connectivity index (χ1v) is 12.6. The lowest BCUT2D eigenvalue weighted by molar-refractivity contribution is -0.126. The van der Waals surface area contributed by atoms with Crippen LogP contribution >= 0.6 is 11.3 Å². The van der Waals surface area contributed by atoms with Crippen molar-refractivity contribution in [2.45, 2.75) is 69.1 Å². The number of primary amides is 1. The number of thiophene rings is 1. The Hall–Kier alpha value is -1.81. The Labute approximate surface area is 192 Å². The largest absolute Gasteiger partial charge is 0.474 e. The molecule has 0 radical (unpaired) electrons. The number of amides is 1. The molecule has 0 bridgehead atoms. The average Bonchev–Trinajstić information content (AvgIpc) is 3.35. The van der Waals surface area contributed by atoms with Crippen molar-refractivity contribution in [2.75, 3.05) is 33.2 Å². The molecule has 2 aromatic heterocycles. The van der Waals surface area contributed by atoms with Crippen LogP contribution in [0.4, 0.5) is 0 Å². The Balaban J connectivity index is 1.29. The number of carbonyl (C=O) groups excluding carboxylic acids is 1. The highest BCUT2D eigenvalue weighted by Gasteiger charge is 2.34. The Kier molecular flexibility index (Phi) is 6.33. The number of ether oxygens (including phenoxy) is 1. The molecule has 2 aliphatic carbocycles. The van der Waals surface area contributed by atoms with E-state index in [1.54, 1.807) is 17.7 Å². The van der Waals surface area contributed by atoms with Crippen molar-refractivity contribution < 1.29 is 14.6 Å². The lowest BCUT2D eigenvalue weighted by atomic mass is 9.91. The Morgan fingerprint density at radius 3 is 2.69 bits per heavy atom. The minimum Gasteiger partial charge on any atom is -0.474 e. The highest BCUT2D eigenvalue weighted by atomic mass is 32.1. The van der Waals surface area contributed by atoms with Gasteiger partial charge in [-0.1, -0.05) is 0 Å². The fourth-order valence-corrected chi connectivity index (χ4v) is 6.86. The third-order valence-corrected chi connectivity index (χ3v) is 8.68. The average molecular weight is 460 g/mol. The van der Waals surface area contributed by atoms with Gasteiger partial charge in [0, 0.05) is 37.1 Å². The van der Waals surface area contributed by atoms with Crippen molar-refractivity contribution in [3.05, 3.63) is 16.8 Å². The van der Waals surface area contributed by atoms with Gasteiger partial charge in [-0.25, -0.2) is 9.97 Å². The highest BCUT2D eigenvalue weighted by Crippen LogP contribution is 2.47. The van der Waals surface area contributed by atoms with E-state index < -0.39 is 12.0 Å². The van der Waals surface area contributed by atoms with Crippen LogP contribution in [-0.2, 0) is 11.2 Å². The number of aliphatic hydroxyl groups excluding tert-OH is 1. The molecule has 1 saturated carbocycles. The van der Waals surface area contributed by atoms with Gasteiger partial charge in [0.15, 0.2) is 0 Å². The molecule has 32 heavy (non-hydrogen) atoms. The second-order valence-corrected chi connectivity index (χ2v) is 10.7. The molecule has 0 spiro atoms. The molecule has 2 aromatic rings. The number of aromatic nitrogens is 2. The summed E-state index contributed by atoms with van der Waals surface area (Å²) in [6.07, 6.45) is 7.23. The molecule has 0 unspecified atom stereocenters. The monoisotopic (exact) mass is 459 g/mol. The summed E-state index contributed by atoms with van der Waals surface area (Å²) < 4.78 is 6.48. The number of hydrogen-bond acceptors (Lipinski definition) is 8. The van der Waals surface area contributed by atoms with E-state index in [-0.39, 0.29) is 12.0 Å². The fraction of sp³-hybridized carbons (Fsp3) is 0.696. The molecule has 3 N–H and O–H groups in total. The summed E-state index contributed by atoms with van der Waals surface area (Å²) >= 11 is 1.68. The summed E-state index contributed by atoms with van der Waals surface area (Å²) in [7, 11) is 2.20. The smallest absolute Gasteiger partial charge is 0.246 e. The fourth-order valence-electron chi connectivity index (χ4n) is 5.62. The van der Waals surface area contributed by atoms with Crippen LogP contribution in [0.3, 0.4) is 0 Å². The number of likely N-dealkylation sites (N-methyl/N-ethyl adjacent to an activating group) is 1. The van der Waals surface area contributed by atoms with Crippen molar-refractivity contribution in [3.8, 4) is 5.88 Å². The maximum absolute atomic E-state index is 11.4. The van der Waals surface area contributed by atoms with Crippen LogP contribution in [0.1, 0.15) is 54.9 Å². The summed E-state index contributed by atoms with van der Waals surface area (Å²) in [4.78, 5) is 27.7. The maximum atomic E-state index is 11.4. The zero-order chi connectivity index (χ0) is 22.2. The van der Waals surface area contributed by atoms with Gasteiger partial charge in [0.25, 0.3) is 0 Å². The summed E-state index contributed by atoms with van der Waals surface area (Å²) in [5.41, 5.74) is 6.47. The number of aryl methyl sites for hydroxylation is 1. The number of fused-ring (bicyclic) bond motifs is 3. The molecule has 1 saturated heterocycles. The van der Waals surface area contributed by atoms with E-state index in [0.29, 0.717) is 18.3 Å². The first-order valence-electron chi connectivity index (χ1n) is 11.8. The summed E-state index contributed by atoms with van der Waals surface area (Å²) in [6.45, 7) is 4.64. The minimum atomic E-state index is -1.13. The molecule has 3 aliphatic rings. The SMILES string of the molecule is CN1CCN([C@H]2CC[C@H](Oc3ncnc4sc5c(c34)[C@@H](C[C@H](O)C(N)=O)CC5)CC2)CC1. The Morgan fingerprint density at radius 2 is 1.97 bits per heavy atom. The quantitative estimate of drug-likeness (QED) is 0.680. The van der Waals surface area contributed by atoms with E-state index in [1.165, 1.54) is 18.0 Å². The normalized spacial score (nSPS) is 28.0. The topological polar surface area (TPSA) is 105 Å². The lowest BCUT2D eigenvalue weighted by Crippen LogP contribution is -2.50. The summed E-state index contributed by atoms with van der Waals surface area (Å²) in [5.74, 6) is 0.0846. The molecule has 9 heteroatoms. The molecule has 5 rings (SSSR count). The Bertz CT molecular complexity index is 966. The number of rotatable bonds is 6. The number of carbonyl (C=O) groups is 1. The van der Waals surface area contributed by atoms with Gasteiger partial charge in [0.05, 0.1) is 5.39 Å². The van der Waals surface area contributed by atoms with E-state index in [1.807, 2.05) is 0 Å². The standard InChI is InChI=1S/C23H33N5O3S/c1-27-8-10-28(11-9-27)15-3-5-16(6-4-15)31-22-20-19-14(12-17(29)21(24)30)2-7-18(19)32-23(20)26-13-25-22/h13-17,29H,2-12H2,1H3,(H2,24,30)/t14-,15-,16-,17+/m1/s1. The van der Waals surface area contributed by atoms with Crippen molar-refractivity contribution in [1.29, 1.82) is 0 Å². The van der Waals surface area contributed by atoms with Gasteiger partial charge in [0.2, 0.25) is 11.8 Å². The molecule has 8 nitrogen and oxygen atoms in total. The van der Waals surface area contributed by atoms with Gasteiger partial charge in [-0.05, 0) is 63.5 Å². The van der Waals surface area contributed by atoms with E-state index in [4.69, 9.17) is 10.5 Å². The molecule has 1 aliphatic heterocycles. The molecule has 1 amide bonds. The molecule has 2 fully saturated rings. The maximum Gasteiger partial charge on any atom is 0.246 e. The summed E-state index contributed by atoms with van der Waals surface area (Å²) in [5, 5.41) is 11.0. The third kappa shape index (κ3) is 4.35. The molecule has 3 heterocycles. The van der Waals surface area contributed by atoms with Gasteiger partial charge in [-0.2, -0.15) is 0 Å². The van der Waals surface area contributed by atoms with E-state index >= 15 is 0 Å². The first kappa shape index (κ1) is 22.0. The number of nitrogens with zero attached hydrogens (tertiary/aromatic N) is 4. The van der Waals surface area contributed by atoms with Crippen LogP contribution in [0.15, 0.2) is 6.33 Å². The molecular formula is C23H33N5O3S. The van der Waals surface area contributed by atoms with E-state index in [0.717, 1.165) is 67.4 Å². The van der Waals surface area contributed by atoms with Crippen LogP contribution in [0.25, 0.3) is 10.2 Å². The van der Waals surface area contributed by atoms with Gasteiger partial charge in [-0.15, -0.1) is 11.3 Å². The predicted molar refractivity (Wildman–Crippen MR) is 124 cm³/mol. The van der Waals surface area contributed by atoms with Gasteiger partial charge >= 0.3 is 0 Å². The Morgan fingerprint density at radius 1 is 1.22 bits per heavy atom. The highest BCUT2D eigenvalue weighted by molar-refractivity contribution is 7.19. The van der Waals surface area contributed by atoms with Crippen LogP contribution in [-0.4, -0.2) is 82.3 Å². The number of aliphatic hydroxyl groups is 1. The van der Waals surface area contributed by atoms with Crippen LogP contribution in [0, 0.1) is 0 Å². The summed E-state index contributed by atoms with van der Waals surface area (Å²) in [6, 6.07) is 0.666. The first-order chi connectivity index (χ1) is 15.5. The number of nitrogens with two attached hydrogens (primary N) is 1. The third-order valence-electron chi connectivity index (χ3n) is 7.51. The molecule has 0 aromatic carbocycles. The number of piperazine rings is 1. The van der Waals surface area contributed by atoms with Crippen molar-refractivity contribution in [1.82, 2.24) is 19.8 Å². The molecule has 174 valence electrons. The van der Waals surface area contributed by atoms with E-state index in [9.17, 15) is 9.90 Å². The van der Waals surface area contributed by atoms with Crippen LogP contribution < -0.4 is 10.5 Å². The molecular weight excluding hydrogens is 426 g/mol. The van der Waals surface area contributed by atoms with Crippen LogP contribution in [0.2, 0.25) is 0 Å². The van der Waals surface area contributed by atoms with Crippen molar-refractivity contribution in [2.24, 2.45) is 5.73 Å². The minimum absolute atomic E-state index is 0.0857. The molecule has 2 atom stereocenters. The second-order valence-electron chi connectivity index (χ2n) is 9.57. The van der Waals surface area contributed by atoms with Gasteiger partial charge in [-0.3, -0.25) is 9.69 Å². The van der Waals surface area contributed by atoms with Gasteiger partial charge < -0.3 is 20.5 Å². The zero-order valence-corrected chi connectivity index (χ0v) is 19.5. The zero-order valence-electron chi connectivity index (χ0n) is 18.7. The second kappa shape index (κ2) is 9.21. The van der Waals surface area contributed by atoms with Crippen molar-refractivity contribution in [3.63, 3.8) is 0 Å². The number of hydrogen-bond donors (Lipinski definition) is 2.